The van der Waals surface area contributed by atoms with E-state index >= 15 is 0 Å². The Morgan fingerprint density at radius 2 is 1.88 bits per heavy atom. The molecule has 4 N–H and O–H groups in total. The molecule has 0 aliphatic carbocycles. The number of alkyl halides is 3. The Morgan fingerprint density at radius 3 is 2.35 bits per heavy atom. The van der Waals surface area contributed by atoms with Crippen molar-refractivity contribution in [2.45, 2.75) is 43.5 Å². The molecule has 0 aliphatic heterocycles. The molecule has 0 unspecified atom stereocenters. The molecule has 0 spiro atoms. The van der Waals surface area contributed by atoms with E-state index in [4.69, 9.17) is 16.7 Å². The number of carbonyl (C=O) groups excluding carboxylic acids is 1. The van der Waals surface area contributed by atoms with Crippen molar-refractivity contribution in [3.63, 3.8) is 0 Å². The lowest BCUT2D eigenvalue weighted by Crippen LogP contribution is -2.52. The largest absolute Gasteiger partial charge is 0.426 e. The molecule has 1 aromatic carbocycles. The van der Waals surface area contributed by atoms with E-state index in [9.17, 15) is 31.5 Å². The first kappa shape index (κ1) is 22.6. The van der Waals surface area contributed by atoms with Crippen molar-refractivity contribution < 1.29 is 36.6 Å². The number of aliphatic hydroxyl groups excluding tert-OH is 1. The predicted octanol–water partition coefficient (Wildman–Crippen LogP) is 1.56. The minimum absolute atomic E-state index is 0.0336. The van der Waals surface area contributed by atoms with Gasteiger partial charge >= 0.3 is 6.18 Å². The molecule has 0 aromatic heterocycles. The molecule has 2 atom stereocenters. The fourth-order valence-electron chi connectivity index (χ4n) is 1.79. The van der Waals surface area contributed by atoms with E-state index < -0.39 is 40.4 Å². The van der Waals surface area contributed by atoms with Crippen LogP contribution in [-0.2, 0) is 14.8 Å². The second kappa shape index (κ2) is 7.69. The Bertz CT molecular complexity index is 797. The molecular weight excluding hydrogens is 401 g/mol. The Hall–Kier alpha value is -1.40. The summed E-state index contributed by atoms with van der Waals surface area (Å²) in [5, 5.41) is 19.8. The zero-order chi connectivity index (χ0) is 20.5. The van der Waals surface area contributed by atoms with Crippen molar-refractivity contribution in [2.24, 2.45) is 0 Å². The number of hydrogen-bond acceptors (Lipinski definition) is 5. The molecule has 0 fully saturated rings. The van der Waals surface area contributed by atoms with Crippen LogP contribution < -0.4 is 10.0 Å². The highest BCUT2D eigenvalue weighted by Crippen LogP contribution is 2.34. The van der Waals surface area contributed by atoms with Crippen LogP contribution >= 0.6 is 11.6 Å². The van der Waals surface area contributed by atoms with Gasteiger partial charge in [0.1, 0.15) is 0 Å². The Labute approximate surface area is 153 Å². The molecule has 148 valence electrons. The first-order valence-corrected chi connectivity index (χ1v) is 9.04. The van der Waals surface area contributed by atoms with Crippen molar-refractivity contribution in [3.8, 4) is 0 Å². The summed E-state index contributed by atoms with van der Waals surface area (Å²) in [4.78, 5) is 11.4. The van der Waals surface area contributed by atoms with Gasteiger partial charge in [-0.05, 0) is 38.5 Å². The maximum atomic E-state index is 12.7. The van der Waals surface area contributed by atoms with E-state index in [-0.39, 0.29) is 28.1 Å². The van der Waals surface area contributed by atoms with Crippen LogP contribution in [-0.4, -0.2) is 49.0 Å². The van der Waals surface area contributed by atoms with E-state index in [1.807, 2.05) is 5.32 Å². The maximum absolute atomic E-state index is 12.7. The third-order valence-electron chi connectivity index (χ3n) is 3.50. The van der Waals surface area contributed by atoms with Crippen LogP contribution in [0.4, 0.5) is 18.9 Å². The van der Waals surface area contributed by atoms with Gasteiger partial charge in [0.2, 0.25) is 15.6 Å². The van der Waals surface area contributed by atoms with Gasteiger partial charge in [0.15, 0.2) is 0 Å². The van der Waals surface area contributed by atoms with Gasteiger partial charge in [-0.3, -0.25) is 4.79 Å². The highest BCUT2D eigenvalue weighted by atomic mass is 35.5. The quantitative estimate of drug-likeness (QED) is 0.559. The van der Waals surface area contributed by atoms with Gasteiger partial charge in [0.05, 0.1) is 22.2 Å². The smallest absolute Gasteiger partial charge is 0.395 e. The normalized spacial score (nSPS) is 16.0. The fraction of sp³-hybridized carbons (Fsp3) is 0.500. The fourth-order valence-corrected chi connectivity index (χ4v) is 3.55. The SMILES string of the molecule is Cc1c(S(=O)(=O)N[C@H](C)CO)ccc(NC(=O)[C@@](C)(O)C(F)(F)F)c1Cl. The first-order chi connectivity index (χ1) is 11.6. The van der Waals surface area contributed by atoms with Crippen molar-refractivity contribution in [3.05, 3.63) is 22.7 Å². The molecule has 1 rings (SSSR count). The molecule has 7 nitrogen and oxygen atoms in total. The van der Waals surface area contributed by atoms with Crippen molar-refractivity contribution in [2.75, 3.05) is 11.9 Å². The summed E-state index contributed by atoms with van der Waals surface area (Å²) in [7, 11) is -4.06. The molecule has 0 heterocycles. The van der Waals surface area contributed by atoms with Gasteiger partial charge in [0.25, 0.3) is 5.91 Å². The molecule has 1 aromatic rings. The molecule has 12 heteroatoms. The summed E-state index contributed by atoms with van der Waals surface area (Å²) in [5.41, 5.74) is -3.99. The molecule has 0 saturated carbocycles. The molecule has 0 bridgehead atoms. The van der Waals surface area contributed by atoms with Crippen LogP contribution in [0.1, 0.15) is 19.4 Å². The van der Waals surface area contributed by atoms with Crippen molar-refractivity contribution >= 4 is 33.2 Å². The minimum Gasteiger partial charge on any atom is -0.395 e. The average molecular weight is 419 g/mol. The summed E-state index contributed by atoms with van der Waals surface area (Å²) >= 11 is 5.96. The second-order valence-corrected chi connectivity index (χ2v) is 7.84. The number of anilines is 1. The maximum Gasteiger partial charge on any atom is 0.426 e. The topological polar surface area (TPSA) is 116 Å². The lowest BCUT2D eigenvalue weighted by molar-refractivity contribution is -0.242. The van der Waals surface area contributed by atoms with Crippen molar-refractivity contribution in [1.82, 2.24) is 4.72 Å². The number of nitrogens with one attached hydrogen (secondary N) is 2. The highest BCUT2D eigenvalue weighted by molar-refractivity contribution is 7.89. The molecule has 0 radical (unpaired) electrons. The van der Waals surface area contributed by atoms with Crippen LogP contribution in [0.3, 0.4) is 0 Å². The monoisotopic (exact) mass is 418 g/mol. The molecule has 0 saturated heterocycles. The third kappa shape index (κ3) is 4.65. The summed E-state index contributed by atoms with van der Waals surface area (Å²) in [5.74, 6) is -1.77. The third-order valence-corrected chi connectivity index (χ3v) is 5.72. The van der Waals surface area contributed by atoms with Gasteiger partial charge in [-0.1, -0.05) is 11.6 Å². The van der Waals surface area contributed by atoms with Crippen molar-refractivity contribution in [1.29, 1.82) is 0 Å². The van der Waals surface area contributed by atoms with Gasteiger partial charge in [0, 0.05) is 6.04 Å². The van der Waals surface area contributed by atoms with E-state index in [0.29, 0.717) is 0 Å². The van der Waals surface area contributed by atoms with Crippen LogP contribution in [0.15, 0.2) is 17.0 Å². The van der Waals surface area contributed by atoms with Gasteiger partial charge in [-0.2, -0.15) is 13.2 Å². The van der Waals surface area contributed by atoms with Crippen LogP contribution in [0.2, 0.25) is 5.02 Å². The average Bonchev–Trinajstić information content (AvgIpc) is 2.49. The zero-order valence-corrected chi connectivity index (χ0v) is 15.6. The Morgan fingerprint density at radius 1 is 1.35 bits per heavy atom. The first-order valence-electron chi connectivity index (χ1n) is 7.18. The number of rotatable bonds is 6. The summed E-state index contributed by atoms with van der Waals surface area (Å²) in [6.45, 7) is 2.54. The second-order valence-electron chi connectivity index (χ2n) is 5.78. The Balaban J connectivity index is 3.22. The summed E-state index contributed by atoms with van der Waals surface area (Å²) < 4.78 is 64.7. The number of sulfonamides is 1. The molecular formula is C14H18ClF3N2O5S. The minimum atomic E-state index is -5.22. The summed E-state index contributed by atoms with van der Waals surface area (Å²) in [6.07, 6.45) is -5.22. The van der Waals surface area contributed by atoms with E-state index in [2.05, 4.69) is 4.72 Å². The Kier molecular flexibility index (Phi) is 6.69. The van der Waals surface area contributed by atoms with E-state index in [1.165, 1.54) is 13.8 Å². The number of halogens is 4. The zero-order valence-electron chi connectivity index (χ0n) is 14.0. The molecule has 0 aliphatic rings. The number of carbonyl (C=O) groups is 1. The van der Waals surface area contributed by atoms with Gasteiger partial charge in [-0.15, -0.1) is 0 Å². The molecule has 1 amide bonds. The summed E-state index contributed by atoms with van der Waals surface area (Å²) in [6, 6.07) is 1.25. The molecule has 26 heavy (non-hydrogen) atoms. The van der Waals surface area contributed by atoms with E-state index in [1.54, 1.807) is 0 Å². The predicted molar refractivity (Wildman–Crippen MR) is 88.4 cm³/mol. The number of aliphatic hydroxyl groups is 2. The van der Waals surface area contributed by atoms with E-state index in [0.717, 1.165) is 12.1 Å². The van der Waals surface area contributed by atoms with Crippen LogP contribution in [0.25, 0.3) is 0 Å². The van der Waals surface area contributed by atoms with Crippen LogP contribution in [0, 0.1) is 6.92 Å². The number of benzene rings is 1. The highest BCUT2D eigenvalue weighted by Gasteiger charge is 2.55. The standard InChI is InChI=1S/C14H18ClF3N2O5S/c1-7(6-21)20-26(24,25)10-5-4-9(11(15)8(10)2)19-12(22)13(3,23)14(16,17)18/h4-5,7,20-21,23H,6H2,1-3H3,(H,19,22)/t7-,13-/m1/s1. The lowest BCUT2D eigenvalue weighted by atomic mass is 10.1. The van der Waals surface area contributed by atoms with Gasteiger partial charge < -0.3 is 15.5 Å². The number of hydrogen-bond donors (Lipinski definition) is 4. The lowest BCUT2D eigenvalue weighted by Gasteiger charge is -2.25. The van der Waals surface area contributed by atoms with Gasteiger partial charge in [-0.25, -0.2) is 13.1 Å². The van der Waals surface area contributed by atoms with Crippen LogP contribution in [0.5, 0.6) is 0 Å². The number of amides is 1.